The van der Waals surface area contributed by atoms with Crippen LogP contribution < -0.4 is 10.5 Å². The highest BCUT2D eigenvalue weighted by atomic mass is 16.5. The average molecular weight is 341 g/mol. The molecule has 1 aromatic carbocycles. The van der Waals surface area contributed by atoms with Crippen molar-refractivity contribution in [2.45, 2.75) is 57.3 Å². The topological polar surface area (TPSA) is 52.3 Å². The second-order valence-electron chi connectivity index (χ2n) is 7.82. The summed E-state index contributed by atoms with van der Waals surface area (Å²) >= 11 is 0. The Hall–Kier alpha value is -1.61. The number of rotatable bonds is 5. The zero-order valence-corrected chi connectivity index (χ0v) is 15.2. The zero-order chi connectivity index (χ0) is 17.6. The minimum absolute atomic E-state index is 0.405. The number of ether oxygens (including phenoxy) is 1. The van der Waals surface area contributed by atoms with Crippen molar-refractivity contribution in [1.82, 2.24) is 0 Å². The highest BCUT2D eigenvalue weighted by Crippen LogP contribution is 2.43. The van der Waals surface area contributed by atoms with Crippen molar-refractivity contribution in [3.05, 3.63) is 42.5 Å². The summed E-state index contributed by atoms with van der Waals surface area (Å²) in [7, 11) is 0. The molecule has 0 spiro atoms. The van der Waals surface area contributed by atoms with E-state index in [0.717, 1.165) is 24.3 Å². The van der Waals surface area contributed by atoms with Crippen molar-refractivity contribution in [2.24, 2.45) is 23.5 Å². The molecule has 3 rings (SSSR count). The Morgan fingerprint density at radius 1 is 1.00 bits per heavy atom. The molecule has 0 atom stereocenters. The summed E-state index contributed by atoms with van der Waals surface area (Å²) in [6, 6.07) is 8.03. The molecule has 3 nitrogen and oxygen atoms in total. The molecule has 2 aliphatic carbocycles. The number of esters is 1. The van der Waals surface area contributed by atoms with Gasteiger partial charge in [0.05, 0.1) is 0 Å². The number of hydrogen-bond acceptors (Lipinski definition) is 3. The van der Waals surface area contributed by atoms with E-state index in [2.05, 4.69) is 18.7 Å². The summed E-state index contributed by atoms with van der Waals surface area (Å²) in [6.45, 7) is 4.29. The van der Waals surface area contributed by atoms with Crippen LogP contribution in [-0.2, 0) is 4.79 Å². The van der Waals surface area contributed by atoms with Gasteiger partial charge in [-0.15, -0.1) is 0 Å². The second kappa shape index (κ2) is 8.66. The fourth-order valence-corrected chi connectivity index (χ4v) is 4.79. The maximum atomic E-state index is 11.2. The van der Waals surface area contributed by atoms with Gasteiger partial charge in [-0.2, -0.15) is 0 Å². The van der Waals surface area contributed by atoms with Crippen LogP contribution >= 0.6 is 0 Å². The Labute approximate surface area is 151 Å². The lowest BCUT2D eigenvalue weighted by Gasteiger charge is -2.37. The van der Waals surface area contributed by atoms with Crippen molar-refractivity contribution in [1.29, 1.82) is 0 Å². The normalized spacial score (nSPS) is 29.8. The molecular formula is C22H31NO2. The van der Waals surface area contributed by atoms with Crippen LogP contribution in [0.1, 0.15) is 62.8 Å². The first kappa shape index (κ1) is 18.2. The molecule has 0 unspecified atom stereocenters. The van der Waals surface area contributed by atoms with E-state index in [9.17, 15) is 4.79 Å². The van der Waals surface area contributed by atoms with Gasteiger partial charge in [0.1, 0.15) is 5.75 Å². The van der Waals surface area contributed by atoms with E-state index in [1.165, 1.54) is 63.0 Å². The SMILES string of the molecule is C=CC(=O)Oc1ccc(C2CCC(C3CCC(CN)CC3)CC2)cc1. The van der Waals surface area contributed by atoms with E-state index in [1.54, 1.807) is 0 Å². The highest BCUT2D eigenvalue weighted by Gasteiger charge is 2.30. The third-order valence-electron chi connectivity index (χ3n) is 6.40. The lowest BCUT2D eigenvalue weighted by molar-refractivity contribution is -0.128. The van der Waals surface area contributed by atoms with Crippen LogP contribution in [0.3, 0.4) is 0 Å². The molecule has 0 radical (unpaired) electrons. The van der Waals surface area contributed by atoms with Gasteiger partial charge in [0.15, 0.2) is 0 Å². The lowest BCUT2D eigenvalue weighted by atomic mass is 9.68. The van der Waals surface area contributed by atoms with Gasteiger partial charge in [-0.05, 0) is 99.3 Å². The summed E-state index contributed by atoms with van der Waals surface area (Å²) in [5.74, 6) is 3.48. The van der Waals surface area contributed by atoms with Crippen LogP contribution in [0.2, 0.25) is 0 Å². The van der Waals surface area contributed by atoms with E-state index in [0.29, 0.717) is 11.7 Å². The summed E-state index contributed by atoms with van der Waals surface area (Å²) in [4.78, 5) is 11.2. The average Bonchev–Trinajstić information content (AvgIpc) is 2.69. The largest absolute Gasteiger partial charge is 0.423 e. The summed E-state index contributed by atoms with van der Waals surface area (Å²) in [5, 5.41) is 0. The van der Waals surface area contributed by atoms with Crippen LogP contribution in [-0.4, -0.2) is 12.5 Å². The zero-order valence-electron chi connectivity index (χ0n) is 15.2. The Morgan fingerprint density at radius 2 is 1.56 bits per heavy atom. The first-order chi connectivity index (χ1) is 12.2. The quantitative estimate of drug-likeness (QED) is 0.475. The van der Waals surface area contributed by atoms with Gasteiger partial charge in [-0.1, -0.05) is 18.7 Å². The van der Waals surface area contributed by atoms with Crippen molar-refractivity contribution < 1.29 is 9.53 Å². The second-order valence-corrected chi connectivity index (χ2v) is 7.82. The van der Waals surface area contributed by atoms with Gasteiger partial charge >= 0.3 is 5.97 Å². The lowest BCUT2D eigenvalue weighted by Crippen LogP contribution is -2.27. The Bertz CT molecular complexity index is 564. The van der Waals surface area contributed by atoms with Crippen molar-refractivity contribution >= 4 is 5.97 Å². The van der Waals surface area contributed by atoms with Crippen molar-refractivity contribution in [3.63, 3.8) is 0 Å². The first-order valence-electron chi connectivity index (χ1n) is 9.84. The summed E-state index contributed by atoms with van der Waals surface area (Å²) in [6.07, 6.45) is 11.9. The van der Waals surface area contributed by atoms with Crippen LogP contribution in [0, 0.1) is 17.8 Å². The van der Waals surface area contributed by atoms with E-state index in [4.69, 9.17) is 10.5 Å². The van der Waals surface area contributed by atoms with Crippen molar-refractivity contribution in [3.8, 4) is 5.75 Å². The standard InChI is InChI=1S/C22H31NO2/c1-2-22(24)25-21-13-11-20(12-14-21)19-9-7-18(8-10-19)17-5-3-16(15-23)4-6-17/h2,11-14,16-19H,1,3-10,15,23H2. The number of benzene rings is 1. The molecule has 2 fully saturated rings. The maximum absolute atomic E-state index is 11.2. The van der Waals surface area contributed by atoms with Crippen LogP contribution in [0.5, 0.6) is 5.75 Å². The highest BCUT2D eigenvalue weighted by molar-refractivity contribution is 5.83. The van der Waals surface area contributed by atoms with Gasteiger partial charge in [0, 0.05) is 6.08 Å². The van der Waals surface area contributed by atoms with Crippen LogP contribution in [0.15, 0.2) is 36.9 Å². The predicted octanol–water partition coefficient (Wildman–Crippen LogP) is 4.82. The minimum atomic E-state index is -0.405. The molecular weight excluding hydrogens is 310 g/mol. The fourth-order valence-electron chi connectivity index (χ4n) is 4.79. The molecule has 136 valence electrons. The van der Waals surface area contributed by atoms with Gasteiger partial charge < -0.3 is 10.5 Å². The molecule has 3 heteroatoms. The smallest absolute Gasteiger partial charge is 0.335 e. The molecule has 2 N–H and O–H groups in total. The molecule has 0 aliphatic heterocycles. The van der Waals surface area contributed by atoms with Gasteiger partial charge in [-0.3, -0.25) is 0 Å². The Balaban J connectivity index is 1.49. The van der Waals surface area contributed by atoms with Crippen molar-refractivity contribution in [2.75, 3.05) is 6.54 Å². The molecule has 2 aliphatic rings. The number of carbonyl (C=O) groups is 1. The van der Waals surface area contributed by atoms with Crippen LogP contribution in [0.25, 0.3) is 0 Å². The number of carbonyl (C=O) groups excluding carboxylic acids is 1. The number of hydrogen-bond donors (Lipinski definition) is 1. The Kier molecular flexibility index (Phi) is 6.30. The molecule has 0 aromatic heterocycles. The Morgan fingerprint density at radius 3 is 2.08 bits per heavy atom. The van der Waals surface area contributed by atoms with E-state index < -0.39 is 5.97 Å². The molecule has 0 bridgehead atoms. The third kappa shape index (κ3) is 4.72. The molecule has 2 saturated carbocycles. The van der Waals surface area contributed by atoms with E-state index in [-0.39, 0.29) is 0 Å². The van der Waals surface area contributed by atoms with Gasteiger partial charge in [-0.25, -0.2) is 4.79 Å². The molecule has 0 saturated heterocycles. The fraction of sp³-hybridized carbons (Fsp3) is 0.591. The molecule has 25 heavy (non-hydrogen) atoms. The van der Waals surface area contributed by atoms with E-state index >= 15 is 0 Å². The number of nitrogens with two attached hydrogens (primary N) is 1. The molecule has 0 amide bonds. The first-order valence-corrected chi connectivity index (χ1v) is 9.84. The van der Waals surface area contributed by atoms with E-state index in [1.807, 2.05) is 12.1 Å². The van der Waals surface area contributed by atoms with Gasteiger partial charge in [0.2, 0.25) is 0 Å². The predicted molar refractivity (Wildman–Crippen MR) is 101 cm³/mol. The minimum Gasteiger partial charge on any atom is -0.423 e. The molecule has 0 heterocycles. The van der Waals surface area contributed by atoms with Gasteiger partial charge in [0.25, 0.3) is 0 Å². The van der Waals surface area contributed by atoms with Crippen LogP contribution in [0.4, 0.5) is 0 Å². The summed E-state index contributed by atoms with van der Waals surface area (Å²) < 4.78 is 5.15. The molecule has 1 aromatic rings. The maximum Gasteiger partial charge on any atom is 0.335 e. The monoisotopic (exact) mass is 341 g/mol. The third-order valence-corrected chi connectivity index (χ3v) is 6.40. The summed E-state index contributed by atoms with van der Waals surface area (Å²) in [5.41, 5.74) is 7.20.